The average Bonchev–Trinajstić information content (AvgIpc) is 2.28. The van der Waals surface area contributed by atoms with Crippen LogP contribution in [0.2, 0.25) is 5.02 Å². The fraction of sp³-hybridized carbons (Fsp3) is 0.333. The van der Waals surface area contributed by atoms with Crippen molar-refractivity contribution >= 4 is 27.5 Å². The van der Waals surface area contributed by atoms with Gasteiger partial charge in [0.15, 0.2) is 0 Å². The second kappa shape index (κ2) is 6.08. The van der Waals surface area contributed by atoms with E-state index in [1.807, 2.05) is 0 Å². The van der Waals surface area contributed by atoms with Crippen molar-refractivity contribution in [3.63, 3.8) is 0 Å². The largest absolute Gasteiger partial charge is 0.390 e. The van der Waals surface area contributed by atoms with E-state index in [2.05, 4.69) is 26.0 Å². The minimum atomic E-state index is -1.16. The first-order valence-corrected chi connectivity index (χ1v) is 5.56. The lowest BCUT2D eigenvalue weighted by Gasteiger charge is -2.18. The Bertz CT molecular complexity index is 423. The highest BCUT2D eigenvalue weighted by Crippen LogP contribution is 2.31. The summed E-state index contributed by atoms with van der Waals surface area (Å²) in [6, 6.07) is 4.94. The number of aliphatic hydroxyl groups is 2. The summed E-state index contributed by atoms with van der Waals surface area (Å²) in [5.41, 5.74) is 8.55. The van der Waals surface area contributed by atoms with E-state index in [9.17, 15) is 10.2 Å². The lowest BCUT2D eigenvalue weighted by Crippen LogP contribution is -2.21. The van der Waals surface area contributed by atoms with Crippen LogP contribution in [-0.2, 0) is 0 Å². The molecule has 0 saturated carbocycles. The fourth-order valence-corrected chi connectivity index (χ4v) is 1.86. The first-order valence-electron chi connectivity index (χ1n) is 4.38. The SMILES string of the molecule is [N-]=[N+]=NCC(O)C(O)c1cccc(Cl)c1Br. The van der Waals surface area contributed by atoms with Crippen LogP contribution in [0.4, 0.5) is 0 Å². The van der Waals surface area contributed by atoms with E-state index in [1.165, 1.54) is 0 Å². The van der Waals surface area contributed by atoms with Gasteiger partial charge in [0.1, 0.15) is 6.10 Å². The van der Waals surface area contributed by atoms with Crippen molar-refractivity contribution in [2.45, 2.75) is 12.2 Å². The topological polar surface area (TPSA) is 89.2 Å². The number of aliphatic hydroxyl groups excluding tert-OH is 2. The van der Waals surface area contributed by atoms with Crippen LogP contribution >= 0.6 is 27.5 Å². The Morgan fingerprint density at radius 2 is 2.19 bits per heavy atom. The summed E-state index contributed by atoms with van der Waals surface area (Å²) < 4.78 is 0.518. The van der Waals surface area contributed by atoms with Gasteiger partial charge in [-0.2, -0.15) is 0 Å². The maximum Gasteiger partial charge on any atom is 0.106 e. The minimum absolute atomic E-state index is 0.198. The molecule has 1 rings (SSSR count). The molecule has 1 aromatic carbocycles. The summed E-state index contributed by atoms with van der Waals surface area (Å²) in [5, 5.41) is 23.0. The van der Waals surface area contributed by atoms with Crippen molar-refractivity contribution in [2.75, 3.05) is 6.54 Å². The molecule has 2 atom stereocenters. The Morgan fingerprint density at radius 3 is 2.81 bits per heavy atom. The molecule has 0 fully saturated rings. The molecular formula is C9H9BrClN3O2. The molecule has 86 valence electrons. The summed E-state index contributed by atoms with van der Waals surface area (Å²) in [6.45, 7) is -0.198. The molecule has 0 amide bonds. The molecule has 2 unspecified atom stereocenters. The standard InChI is InChI=1S/C9H9BrClN3O2/c10-8-5(2-1-3-6(8)11)9(16)7(15)4-13-14-12/h1-3,7,9,15-16H,4H2. The third-order valence-corrected chi connectivity index (χ3v) is 3.42. The molecule has 2 N–H and O–H groups in total. The quantitative estimate of drug-likeness (QED) is 0.509. The molecule has 0 aromatic heterocycles. The molecule has 1 aromatic rings. The molecule has 0 heterocycles. The van der Waals surface area contributed by atoms with E-state index in [0.29, 0.717) is 15.1 Å². The third kappa shape index (κ3) is 3.10. The number of hydrogen-bond acceptors (Lipinski definition) is 3. The Kier molecular flexibility index (Phi) is 5.05. The summed E-state index contributed by atoms with van der Waals surface area (Å²) in [6.07, 6.45) is -2.32. The maximum absolute atomic E-state index is 9.80. The molecule has 7 heteroatoms. The van der Waals surface area contributed by atoms with Gasteiger partial charge in [0.2, 0.25) is 0 Å². The van der Waals surface area contributed by atoms with Gasteiger partial charge in [-0.05, 0) is 33.1 Å². The molecule has 0 aliphatic rings. The van der Waals surface area contributed by atoms with E-state index < -0.39 is 12.2 Å². The van der Waals surface area contributed by atoms with Crippen LogP contribution in [0.1, 0.15) is 11.7 Å². The Labute approximate surface area is 105 Å². The number of hydrogen-bond donors (Lipinski definition) is 2. The van der Waals surface area contributed by atoms with Gasteiger partial charge in [-0.15, -0.1) is 0 Å². The second-order valence-corrected chi connectivity index (χ2v) is 4.27. The van der Waals surface area contributed by atoms with E-state index in [-0.39, 0.29) is 6.54 Å². The summed E-state index contributed by atoms with van der Waals surface area (Å²) in [5.74, 6) is 0. The van der Waals surface area contributed by atoms with Crippen LogP contribution in [-0.4, -0.2) is 22.9 Å². The number of rotatable bonds is 4. The molecule has 0 saturated heterocycles. The van der Waals surface area contributed by atoms with Crippen molar-refractivity contribution in [2.24, 2.45) is 5.11 Å². The predicted octanol–water partition coefficient (Wildman–Crippen LogP) is 2.81. The highest BCUT2D eigenvalue weighted by atomic mass is 79.9. The number of halogens is 2. The molecule has 0 bridgehead atoms. The van der Waals surface area contributed by atoms with Gasteiger partial charge in [0.05, 0.1) is 17.7 Å². The molecule has 0 radical (unpaired) electrons. The molecule has 16 heavy (non-hydrogen) atoms. The summed E-state index contributed by atoms with van der Waals surface area (Å²) in [4.78, 5) is 2.51. The smallest absolute Gasteiger partial charge is 0.106 e. The first kappa shape index (κ1) is 13.3. The van der Waals surface area contributed by atoms with Crippen molar-refractivity contribution in [3.8, 4) is 0 Å². The zero-order chi connectivity index (χ0) is 12.1. The summed E-state index contributed by atoms with van der Waals surface area (Å²) >= 11 is 9.06. The Hall–Kier alpha value is -0.780. The first-order chi connectivity index (χ1) is 7.57. The van der Waals surface area contributed by atoms with Crippen molar-refractivity contribution in [3.05, 3.63) is 43.7 Å². The Morgan fingerprint density at radius 1 is 1.50 bits per heavy atom. The molecule has 0 spiro atoms. The van der Waals surface area contributed by atoms with Crippen molar-refractivity contribution in [1.29, 1.82) is 0 Å². The van der Waals surface area contributed by atoms with Crippen LogP contribution in [0.5, 0.6) is 0 Å². The van der Waals surface area contributed by atoms with Crippen LogP contribution in [0, 0.1) is 0 Å². The maximum atomic E-state index is 9.80. The molecule has 5 nitrogen and oxygen atoms in total. The van der Waals surface area contributed by atoms with Crippen LogP contribution in [0.15, 0.2) is 27.8 Å². The Balaban J connectivity index is 2.91. The van der Waals surface area contributed by atoms with E-state index in [1.54, 1.807) is 18.2 Å². The van der Waals surface area contributed by atoms with Crippen molar-refractivity contribution in [1.82, 2.24) is 0 Å². The van der Waals surface area contributed by atoms with Gasteiger partial charge in [-0.3, -0.25) is 0 Å². The minimum Gasteiger partial charge on any atom is -0.390 e. The molecule has 0 aliphatic carbocycles. The predicted molar refractivity (Wildman–Crippen MR) is 64.1 cm³/mol. The number of benzene rings is 1. The van der Waals surface area contributed by atoms with Crippen LogP contribution in [0.25, 0.3) is 10.4 Å². The second-order valence-electron chi connectivity index (χ2n) is 3.07. The zero-order valence-corrected chi connectivity index (χ0v) is 10.4. The van der Waals surface area contributed by atoms with Crippen molar-refractivity contribution < 1.29 is 10.2 Å². The number of nitrogens with zero attached hydrogens (tertiary/aromatic N) is 3. The van der Waals surface area contributed by atoms with Gasteiger partial charge in [-0.25, -0.2) is 0 Å². The average molecular weight is 307 g/mol. The lowest BCUT2D eigenvalue weighted by molar-refractivity contribution is 0.0240. The molecular weight excluding hydrogens is 297 g/mol. The van der Waals surface area contributed by atoms with Gasteiger partial charge >= 0.3 is 0 Å². The van der Waals surface area contributed by atoms with Gasteiger partial charge in [0.25, 0.3) is 0 Å². The summed E-state index contributed by atoms with van der Waals surface area (Å²) in [7, 11) is 0. The van der Waals surface area contributed by atoms with E-state index >= 15 is 0 Å². The van der Waals surface area contributed by atoms with E-state index in [4.69, 9.17) is 17.1 Å². The van der Waals surface area contributed by atoms with Gasteiger partial charge in [-0.1, -0.05) is 28.8 Å². The lowest BCUT2D eigenvalue weighted by atomic mass is 10.0. The van der Waals surface area contributed by atoms with Gasteiger partial charge < -0.3 is 10.2 Å². The fourth-order valence-electron chi connectivity index (χ4n) is 1.18. The highest BCUT2D eigenvalue weighted by Gasteiger charge is 2.20. The van der Waals surface area contributed by atoms with Crippen LogP contribution < -0.4 is 0 Å². The zero-order valence-electron chi connectivity index (χ0n) is 8.09. The van der Waals surface area contributed by atoms with E-state index in [0.717, 1.165) is 0 Å². The normalized spacial score (nSPS) is 14.0. The van der Waals surface area contributed by atoms with Crippen LogP contribution in [0.3, 0.4) is 0 Å². The third-order valence-electron chi connectivity index (χ3n) is 2.00. The number of azide groups is 1. The highest BCUT2D eigenvalue weighted by molar-refractivity contribution is 9.10. The van der Waals surface area contributed by atoms with Gasteiger partial charge in [0, 0.05) is 9.38 Å². The molecule has 0 aliphatic heterocycles. The monoisotopic (exact) mass is 305 g/mol.